The molecule has 4 rings (SSSR count). The summed E-state index contributed by atoms with van der Waals surface area (Å²) < 4.78 is 16.2. The maximum atomic E-state index is 13.4. The second-order valence-electron chi connectivity index (χ2n) is 8.21. The molecule has 176 valence electrons. The summed E-state index contributed by atoms with van der Waals surface area (Å²) in [6.07, 6.45) is 4.17. The summed E-state index contributed by atoms with van der Waals surface area (Å²) in [6, 6.07) is 22.0. The van der Waals surface area contributed by atoms with Gasteiger partial charge in [-0.2, -0.15) is 0 Å². The van der Waals surface area contributed by atoms with Gasteiger partial charge in [0.05, 0.1) is 27.4 Å². The summed E-state index contributed by atoms with van der Waals surface area (Å²) in [5.41, 5.74) is 3.88. The van der Waals surface area contributed by atoms with E-state index in [4.69, 9.17) is 14.2 Å². The normalized spacial score (nSPS) is 17.2. The van der Waals surface area contributed by atoms with E-state index in [-0.39, 0.29) is 18.0 Å². The average Bonchev–Trinajstić information content (AvgIpc) is 2.87. The van der Waals surface area contributed by atoms with E-state index in [1.165, 1.54) is 0 Å². The summed E-state index contributed by atoms with van der Waals surface area (Å²) >= 11 is 0. The summed E-state index contributed by atoms with van der Waals surface area (Å²) in [5, 5.41) is 3.63. The fraction of sp³-hybridized carbons (Fsp3) is 0.250. The fourth-order valence-corrected chi connectivity index (χ4v) is 4.47. The summed E-state index contributed by atoms with van der Waals surface area (Å²) in [7, 11) is 4.71. The van der Waals surface area contributed by atoms with Crippen LogP contribution in [-0.4, -0.2) is 33.3 Å². The van der Waals surface area contributed by atoms with Gasteiger partial charge in [0, 0.05) is 23.5 Å². The quantitative estimate of drug-likeness (QED) is 0.460. The first-order valence-electron chi connectivity index (χ1n) is 11.3. The zero-order valence-electron chi connectivity index (χ0n) is 19.9. The number of amides is 1. The van der Waals surface area contributed by atoms with E-state index in [2.05, 4.69) is 30.4 Å². The number of anilines is 2. The number of carbonyl (C=O) groups excluding carboxylic acids is 1. The Morgan fingerprint density at radius 1 is 0.941 bits per heavy atom. The minimum Gasteiger partial charge on any atom is -0.493 e. The summed E-state index contributed by atoms with van der Waals surface area (Å²) in [4.78, 5) is 15.2. The molecule has 2 unspecified atom stereocenters. The van der Waals surface area contributed by atoms with Crippen molar-refractivity contribution in [1.82, 2.24) is 0 Å². The molecule has 6 heteroatoms. The predicted octanol–water partition coefficient (Wildman–Crippen LogP) is 5.70. The number of hydrogen-bond acceptors (Lipinski definition) is 5. The van der Waals surface area contributed by atoms with Crippen molar-refractivity contribution >= 4 is 23.4 Å². The van der Waals surface area contributed by atoms with Gasteiger partial charge in [0.1, 0.15) is 0 Å². The zero-order valence-corrected chi connectivity index (χ0v) is 19.9. The van der Waals surface area contributed by atoms with Crippen LogP contribution in [0.15, 0.2) is 72.8 Å². The SMILES string of the molecule is COc1cc(C=CC(=O)N2c3ccccc3C(Nc3ccccc3)CC2C)cc(OC)c1OC. The lowest BCUT2D eigenvalue weighted by Crippen LogP contribution is -2.43. The molecule has 0 saturated heterocycles. The molecular formula is C28H30N2O4. The molecular weight excluding hydrogens is 428 g/mol. The Labute approximate surface area is 200 Å². The molecule has 0 radical (unpaired) electrons. The first kappa shape index (κ1) is 23.2. The molecule has 0 aliphatic carbocycles. The minimum absolute atomic E-state index is 0.0215. The number of carbonyl (C=O) groups is 1. The number of methoxy groups -OCH3 is 3. The van der Waals surface area contributed by atoms with Crippen LogP contribution in [-0.2, 0) is 4.79 Å². The number of nitrogens with one attached hydrogen (secondary N) is 1. The number of ether oxygens (including phenoxy) is 3. The van der Waals surface area contributed by atoms with Crippen LogP contribution in [0.5, 0.6) is 17.2 Å². The van der Waals surface area contributed by atoms with Crippen molar-refractivity contribution in [3.05, 3.63) is 83.9 Å². The number of benzene rings is 3. The van der Waals surface area contributed by atoms with E-state index in [9.17, 15) is 4.79 Å². The predicted molar refractivity (Wildman–Crippen MR) is 136 cm³/mol. The van der Waals surface area contributed by atoms with E-state index >= 15 is 0 Å². The Kier molecular flexibility index (Phi) is 7.07. The second kappa shape index (κ2) is 10.3. The van der Waals surface area contributed by atoms with Crippen molar-refractivity contribution in [2.75, 3.05) is 31.5 Å². The van der Waals surface area contributed by atoms with Crippen LogP contribution >= 0.6 is 0 Å². The molecule has 3 aromatic rings. The third-order valence-corrected chi connectivity index (χ3v) is 6.05. The van der Waals surface area contributed by atoms with Crippen LogP contribution in [0.2, 0.25) is 0 Å². The van der Waals surface area contributed by atoms with Crippen molar-refractivity contribution in [3.63, 3.8) is 0 Å². The van der Waals surface area contributed by atoms with Gasteiger partial charge in [0.2, 0.25) is 5.75 Å². The number of hydrogen-bond donors (Lipinski definition) is 1. The molecule has 34 heavy (non-hydrogen) atoms. The van der Waals surface area contributed by atoms with E-state index in [0.717, 1.165) is 28.9 Å². The Balaban J connectivity index is 1.60. The van der Waals surface area contributed by atoms with Crippen LogP contribution in [0, 0.1) is 0 Å². The van der Waals surface area contributed by atoms with Crippen LogP contribution in [0.4, 0.5) is 11.4 Å². The highest BCUT2D eigenvalue weighted by atomic mass is 16.5. The molecule has 0 saturated carbocycles. The Hall–Kier alpha value is -3.93. The smallest absolute Gasteiger partial charge is 0.251 e. The van der Waals surface area contributed by atoms with E-state index in [1.54, 1.807) is 33.5 Å². The summed E-state index contributed by atoms with van der Waals surface area (Å²) in [6.45, 7) is 2.08. The van der Waals surface area contributed by atoms with Crippen LogP contribution in [0.3, 0.4) is 0 Å². The summed E-state index contributed by atoms with van der Waals surface area (Å²) in [5.74, 6) is 1.52. The Bertz CT molecular complexity index is 1150. The van der Waals surface area contributed by atoms with E-state index < -0.39 is 0 Å². The first-order chi connectivity index (χ1) is 16.5. The second-order valence-corrected chi connectivity index (χ2v) is 8.21. The van der Waals surface area contributed by atoms with Gasteiger partial charge >= 0.3 is 0 Å². The molecule has 2 atom stereocenters. The van der Waals surface area contributed by atoms with Crippen molar-refractivity contribution in [3.8, 4) is 17.2 Å². The van der Waals surface area contributed by atoms with Gasteiger partial charge in [0.15, 0.2) is 11.5 Å². The van der Waals surface area contributed by atoms with Gasteiger partial charge in [-0.25, -0.2) is 0 Å². The highest BCUT2D eigenvalue weighted by molar-refractivity contribution is 6.05. The number of para-hydroxylation sites is 2. The van der Waals surface area contributed by atoms with Gasteiger partial charge in [0.25, 0.3) is 5.91 Å². The molecule has 0 aromatic heterocycles. The number of rotatable bonds is 7. The lowest BCUT2D eigenvalue weighted by Gasteiger charge is -2.39. The lowest BCUT2D eigenvalue weighted by molar-refractivity contribution is -0.114. The molecule has 6 nitrogen and oxygen atoms in total. The van der Waals surface area contributed by atoms with E-state index in [1.807, 2.05) is 53.4 Å². The number of nitrogens with zero attached hydrogens (tertiary/aromatic N) is 1. The largest absolute Gasteiger partial charge is 0.493 e. The minimum atomic E-state index is -0.0770. The Morgan fingerprint density at radius 3 is 2.24 bits per heavy atom. The van der Waals surface area contributed by atoms with Crippen molar-refractivity contribution in [1.29, 1.82) is 0 Å². The fourth-order valence-electron chi connectivity index (χ4n) is 4.47. The standard InChI is InChI=1S/C28H30N2O4/c1-19-16-23(29-21-10-6-5-7-11-21)22-12-8-9-13-24(22)30(19)27(31)15-14-20-17-25(32-2)28(34-4)26(18-20)33-3/h5-15,17-19,23,29H,16H2,1-4H3. The van der Waals surface area contributed by atoms with Crippen molar-refractivity contribution in [2.24, 2.45) is 0 Å². The van der Waals surface area contributed by atoms with Crippen LogP contribution in [0.1, 0.15) is 30.5 Å². The number of fused-ring (bicyclic) bond motifs is 1. The molecule has 1 aliphatic rings. The molecule has 1 aliphatic heterocycles. The zero-order chi connectivity index (χ0) is 24.1. The monoisotopic (exact) mass is 458 g/mol. The van der Waals surface area contributed by atoms with Crippen LogP contribution in [0.25, 0.3) is 6.08 Å². The lowest BCUT2D eigenvalue weighted by atomic mass is 9.91. The van der Waals surface area contributed by atoms with Crippen molar-refractivity contribution < 1.29 is 19.0 Å². The average molecular weight is 459 g/mol. The van der Waals surface area contributed by atoms with Gasteiger partial charge < -0.3 is 24.4 Å². The first-order valence-corrected chi connectivity index (χ1v) is 11.3. The highest BCUT2D eigenvalue weighted by Gasteiger charge is 2.32. The molecule has 1 heterocycles. The topological polar surface area (TPSA) is 60.0 Å². The van der Waals surface area contributed by atoms with Crippen molar-refractivity contribution in [2.45, 2.75) is 25.4 Å². The van der Waals surface area contributed by atoms with Gasteiger partial charge in [-0.05, 0) is 60.9 Å². The van der Waals surface area contributed by atoms with Crippen LogP contribution < -0.4 is 24.4 Å². The Morgan fingerprint density at radius 2 is 1.59 bits per heavy atom. The molecule has 0 spiro atoms. The third-order valence-electron chi connectivity index (χ3n) is 6.05. The highest BCUT2D eigenvalue weighted by Crippen LogP contribution is 2.40. The maximum absolute atomic E-state index is 13.4. The molecule has 3 aromatic carbocycles. The molecule has 1 amide bonds. The maximum Gasteiger partial charge on any atom is 0.251 e. The molecule has 1 N–H and O–H groups in total. The molecule has 0 bridgehead atoms. The van der Waals surface area contributed by atoms with Gasteiger partial charge in [-0.1, -0.05) is 36.4 Å². The van der Waals surface area contributed by atoms with E-state index in [0.29, 0.717) is 17.2 Å². The van der Waals surface area contributed by atoms with Gasteiger partial charge in [-0.15, -0.1) is 0 Å². The molecule has 0 fully saturated rings. The third kappa shape index (κ3) is 4.71. The van der Waals surface area contributed by atoms with Gasteiger partial charge in [-0.3, -0.25) is 4.79 Å².